The molecule has 2 unspecified atom stereocenters. The first-order chi connectivity index (χ1) is 16.6. The second-order valence-corrected chi connectivity index (χ2v) is 8.78. The number of nitrogens with one attached hydrogen (secondary N) is 1. The number of alkyl halides is 3. The zero-order valence-corrected chi connectivity index (χ0v) is 18.7. The van der Waals surface area contributed by atoms with Crippen molar-refractivity contribution in [3.63, 3.8) is 0 Å². The standard InChI is InChI=1S/C23H19F3N8O/c1-12(13-4-5-16(30-11-13)23(24,25)26)34-19-17(15(10-27)33-34)20(35)32-21(31-19)22(2)7-6-14(22)18-28-8-3-9-29-18/h3-5,8-9,11-12,14H,6-7H2,1-2H3,(H,31,32,35)/t12-,14?,22?/m1/s1. The largest absolute Gasteiger partial charge is 0.433 e. The Bertz CT molecular complexity index is 1500. The molecule has 0 bridgehead atoms. The Labute approximate surface area is 196 Å². The molecule has 12 heteroatoms. The highest BCUT2D eigenvalue weighted by atomic mass is 19.4. The Hall–Kier alpha value is -4.14. The van der Waals surface area contributed by atoms with Gasteiger partial charge in [-0.25, -0.2) is 19.6 Å². The van der Waals surface area contributed by atoms with Crippen molar-refractivity contribution >= 4 is 11.0 Å². The monoisotopic (exact) mass is 480 g/mol. The summed E-state index contributed by atoms with van der Waals surface area (Å²) in [6.07, 6.45) is 1.43. The minimum absolute atomic E-state index is 0.0263. The normalized spacial score (nSPS) is 20.9. The van der Waals surface area contributed by atoms with E-state index in [0.29, 0.717) is 17.2 Å². The number of aromatic nitrogens is 7. The van der Waals surface area contributed by atoms with Crippen molar-refractivity contribution in [1.82, 2.24) is 34.7 Å². The van der Waals surface area contributed by atoms with Gasteiger partial charge in [0.2, 0.25) is 0 Å². The molecule has 1 fully saturated rings. The number of hydrogen-bond donors (Lipinski definition) is 1. The Morgan fingerprint density at radius 2 is 2.00 bits per heavy atom. The van der Waals surface area contributed by atoms with Crippen LogP contribution in [0.1, 0.15) is 67.2 Å². The van der Waals surface area contributed by atoms with Gasteiger partial charge in [-0.3, -0.25) is 9.78 Å². The number of hydrogen-bond acceptors (Lipinski definition) is 7. The first-order valence-corrected chi connectivity index (χ1v) is 10.9. The summed E-state index contributed by atoms with van der Waals surface area (Å²) in [6.45, 7) is 3.66. The molecule has 178 valence electrons. The average molecular weight is 480 g/mol. The molecule has 1 N–H and O–H groups in total. The maximum Gasteiger partial charge on any atom is 0.433 e. The van der Waals surface area contributed by atoms with Crippen molar-refractivity contribution in [2.75, 3.05) is 0 Å². The van der Waals surface area contributed by atoms with Crippen LogP contribution in [0.15, 0.2) is 41.6 Å². The molecule has 0 saturated heterocycles. The van der Waals surface area contributed by atoms with Crippen LogP contribution in [-0.2, 0) is 11.6 Å². The van der Waals surface area contributed by atoms with Crippen molar-refractivity contribution in [2.45, 2.75) is 50.2 Å². The lowest BCUT2D eigenvalue weighted by atomic mass is 9.60. The first-order valence-electron chi connectivity index (χ1n) is 10.9. The number of nitrogens with zero attached hydrogens (tertiary/aromatic N) is 7. The second kappa shape index (κ2) is 7.97. The van der Waals surface area contributed by atoms with E-state index in [4.69, 9.17) is 4.98 Å². The number of nitriles is 1. The molecule has 1 aliphatic rings. The highest BCUT2D eigenvalue weighted by Crippen LogP contribution is 2.52. The number of aromatic amines is 1. The van der Waals surface area contributed by atoms with Crippen molar-refractivity contribution in [2.24, 2.45) is 0 Å². The summed E-state index contributed by atoms with van der Waals surface area (Å²) in [6, 6.07) is 5.18. The maximum atomic E-state index is 13.1. The first kappa shape index (κ1) is 22.6. The van der Waals surface area contributed by atoms with Crippen LogP contribution in [0.25, 0.3) is 11.0 Å². The third-order valence-electron chi connectivity index (χ3n) is 6.75. The van der Waals surface area contributed by atoms with Crippen molar-refractivity contribution < 1.29 is 13.2 Å². The molecule has 4 aromatic rings. The molecule has 3 atom stereocenters. The third kappa shape index (κ3) is 3.63. The fourth-order valence-corrected chi connectivity index (χ4v) is 4.54. The average Bonchev–Trinajstić information content (AvgIpc) is 3.22. The SMILES string of the molecule is C[C@H](c1ccc(C(F)(F)F)nc1)n1nc(C#N)c2c(=O)[nH]c(C3(C)CCC3c3ncccn3)nc21. The molecule has 4 aromatic heterocycles. The minimum Gasteiger partial charge on any atom is -0.309 e. The van der Waals surface area contributed by atoms with Crippen molar-refractivity contribution in [3.05, 3.63) is 75.7 Å². The summed E-state index contributed by atoms with van der Waals surface area (Å²) >= 11 is 0. The van der Waals surface area contributed by atoms with Gasteiger partial charge in [-0.1, -0.05) is 13.0 Å². The highest BCUT2D eigenvalue weighted by Gasteiger charge is 2.48. The second-order valence-electron chi connectivity index (χ2n) is 8.78. The molecule has 1 saturated carbocycles. The fraction of sp³-hybridized carbons (Fsp3) is 0.348. The highest BCUT2D eigenvalue weighted by molar-refractivity contribution is 5.80. The summed E-state index contributed by atoms with van der Waals surface area (Å²) in [5, 5.41) is 13.9. The van der Waals surface area contributed by atoms with E-state index in [2.05, 4.69) is 25.0 Å². The van der Waals surface area contributed by atoms with Gasteiger partial charge in [0.05, 0.1) is 6.04 Å². The zero-order chi connectivity index (χ0) is 25.0. The molecule has 0 aliphatic heterocycles. The number of rotatable bonds is 4. The van der Waals surface area contributed by atoms with Crippen LogP contribution in [0.5, 0.6) is 0 Å². The predicted molar refractivity (Wildman–Crippen MR) is 117 cm³/mol. The van der Waals surface area contributed by atoms with E-state index in [9.17, 15) is 23.2 Å². The zero-order valence-electron chi connectivity index (χ0n) is 18.7. The Morgan fingerprint density at radius 1 is 1.26 bits per heavy atom. The Morgan fingerprint density at radius 3 is 2.57 bits per heavy atom. The van der Waals surface area contributed by atoms with Gasteiger partial charge in [0.1, 0.15) is 28.8 Å². The number of fused-ring (bicyclic) bond motifs is 1. The predicted octanol–water partition coefficient (Wildman–Crippen LogP) is 3.64. The van der Waals surface area contributed by atoms with Crippen LogP contribution in [0.2, 0.25) is 0 Å². The fourth-order valence-electron chi connectivity index (χ4n) is 4.54. The summed E-state index contributed by atoms with van der Waals surface area (Å²) in [5.41, 5.74) is -1.59. The summed E-state index contributed by atoms with van der Waals surface area (Å²) in [5.74, 6) is 1.01. The topological polar surface area (TPSA) is 126 Å². The van der Waals surface area contributed by atoms with Gasteiger partial charge in [0.25, 0.3) is 5.56 Å². The van der Waals surface area contributed by atoms with E-state index in [1.807, 2.05) is 13.0 Å². The van der Waals surface area contributed by atoms with Crippen molar-refractivity contribution in [3.8, 4) is 6.07 Å². The smallest absolute Gasteiger partial charge is 0.309 e. The van der Waals surface area contributed by atoms with E-state index < -0.39 is 28.9 Å². The molecule has 4 heterocycles. The van der Waals surface area contributed by atoms with Gasteiger partial charge < -0.3 is 4.98 Å². The number of H-pyrrole nitrogens is 1. The van der Waals surface area contributed by atoms with Crippen LogP contribution in [-0.4, -0.2) is 34.7 Å². The number of pyridine rings is 1. The van der Waals surface area contributed by atoms with Crippen LogP contribution in [0.4, 0.5) is 13.2 Å². The van der Waals surface area contributed by atoms with Gasteiger partial charge >= 0.3 is 6.18 Å². The lowest BCUT2D eigenvalue weighted by Crippen LogP contribution is -2.43. The molecule has 0 amide bonds. The van der Waals surface area contributed by atoms with E-state index in [1.165, 1.54) is 10.7 Å². The lowest BCUT2D eigenvalue weighted by Gasteiger charge is -2.45. The van der Waals surface area contributed by atoms with E-state index in [-0.39, 0.29) is 22.6 Å². The van der Waals surface area contributed by atoms with Gasteiger partial charge in [0.15, 0.2) is 11.3 Å². The molecule has 35 heavy (non-hydrogen) atoms. The summed E-state index contributed by atoms with van der Waals surface area (Å²) in [4.78, 5) is 32.8. The van der Waals surface area contributed by atoms with Gasteiger partial charge in [-0.2, -0.15) is 23.5 Å². The lowest BCUT2D eigenvalue weighted by molar-refractivity contribution is -0.141. The Kier molecular flexibility index (Phi) is 5.16. The van der Waals surface area contributed by atoms with Crippen LogP contribution < -0.4 is 5.56 Å². The molecule has 0 spiro atoms. The van der Waals surface area contributed by atoms with Crippen LogP contribution in [0, 0.1) is 11.3 Å². The minimum atomic E-state index is -4.56. The van der Waals surface area contributed by atoms with Gasteiger partial charge in [-0.15, -0.1) is 0 Å². The molecule has 5 rings (SSSR count). The number of halogens is 3. The van der Waals surface area contributed by atoms with Crippen molar-refractivity contribution in [1.29, 1.82) is 5.26 Å². The van der Waals surface area contributed by atoms with E-state index >= 15 is 0 Å². The summed E-state index contributed by atoms with van der Waals surface area (Å²) in [7, 11) is 0. The van der Waals surface area contributed by atoms with E-state index in [1.54, 1.807) is 25.4 Å². The third-order valence-corrected chi connectivity index (χ3v) is 6.75. The molecule has 0 radical (unpaired) electrons. The Balaban J connectivity index is 1.61. The maximum absolute atomic E-state index is 13.1. The van der Waals surface area contributed by atoms with Gasteiger partial charge in [0, 0.05) is 29.9 Å². The molecule has 0 aromatic carbocycles. The van der Waals surface area contributed by atoms with Crippen LogP contribution in [0.3, 0.4) is 0 Å². The molecular weight excluding hydrogens is 461 g/mol. The molecule has 1 aliphatic carbocycles. The van der Waals surface area contributed by atoms with Gasteiger partial charge in [-0.05, 0) is 37.5 Å². The molecular formula is C23H19F3N8O. The van der Waals surface area contributed by atoms with E-state index in [0.717, 1.165) is 25.1 Å². The quantitative estimate of drug-likeness (QED) is 0.473. The summed E-state index contributed by atoms with van der Waals surface area (Å²) < 4.78 is 40.1. The van der Waals surface area contributed by atoms with Crippen LogP contribution >= 0.6 is 0 Å². The molecule has 9 nitrogen and oxygen atoms in total.